The minimum Gasteiger partial charge on any atom is -0.334 e. The molecular formula is C27H30N4O2. The summed E-state index contributed by atoms with van der Waals surface area (Å²) in [5.41, 5.74) is 4.19. The van der Waals surface area contributed by atoms with Crippen molar-refractivity contribution < 1.29 is 9.59 Å². The number of benzene rings is 2. The SMILES string of the molecule is N#Cc1ccc(C(=O)N2CCc3cc(C(=O)N4CCC[C@H]4CN4CCCC4)ccc3C2)cc1. The molecule has 0 spiro atoms. The van der Waals surface area contributed by atoms with E-state index in [1.807, 2.05) is 23.1 Å². The number of amides is 2. The number of hydrogen-bond donors (Lipinski definition) is 0. The summed E-state index contributed by atoms with van der Waals surface area (Å²) in [4.78, 5) is 32.7. The first-order valence-electron chi connectivity index (χ1n) is 12.1. The van der Waals surface area contributed by atoms with Gasteiger partial charge in [0.1, 0.15) is 0 Å². The van der Waals surface area contributed by atoms with Crippen molar-refractivity contribution >= 4 is 11.8 Å². The van der Waals surface area contributed by atoms with Gasteiger partial charge in [0.15, 0.2) is 0 Å². The van der Waals surface area contributed by atoms with Gasteiger partial charge in [-0.15, -0.1) is 0 Å². The van der Waals surface area contributed by atoms with Crippen LogP contribution in [0.2, 0.25) is 0 Å². The molecular weight excluding hydrogens is 412 g/mol. The molecule has 0 saturated carbocycles. The number of fused-ring (bicyclic) bond motifs is 1. The highest BCUT2D eigenvalue weighted by atomic mass is 16.2. The first-order valence-corrected chi connectivity index (χ1v) is 12.1. The Morgan fingerprint density at radius 2 is 1.64 bits per heavy atom. The molecule has 3 aliphatic rings. The van der Waals surface area contributed by atoms with Crippen molar-refractivity contribution in [1.82, 2.24) is 14.7 Å². The number of rotatable bonds is 4. The maximum atomic E-state index is 13.3. The molecule has 2 aromatic carbocycles. The molecule has 2 fully saturated rings. The second-order valence-corrected chi connectivity index (χ2v) is 9.45. The summed E-state index contributed by atoms with van der Waals surface area (Å²) in [7, 11) is 0. The Kier molecular flexibility index (Phi) is 6.15. The van der Waals surface area contributed by atoms with E-state index in [1.165, 1.54) is 18.4 Å². The van der Waals surface area contributed by atoms with E-state index >= 15 is 0 Å². The summed E-state index contributed by atoms with van der Waals surface area (Å²) in [5.74, 6) is 0.127. The molecule has 3 heterocycles. The van der Waals surface area contributed by atoms with Crippen molar-refractivity contribution in [1.29, 1.82) is 5.26 Å². The third kappa shape index (κ3) is 4.51. The van der Waals surface area contributed by atoms with Crippen molar-refractivity contribution in [3.63, 3.8) is 0 Å². The van der Waals surface area contributed by atoms with Crippen LogP contribution in [0.5, 0.6) is 0 Å². The number of carbonyl (C=O) groups is 2. The number of hydrogen-bond acceptors (Lipinski definition) is 4. The van der Waals surface area contributed by atoms with E-state index in [-0.39, 0.29) is 11.8 Å². The topological polar surface area (TPSA) is 67.6 Å². The molecule has 2 amide bonds. The highest BCUT2D eigenvalue weighted by Crippen LogP contribution is 2.26. The maximum Gasteiger partial charge on any atom is 0.254 e. The lowest BCUT2D eigenvalue weighted by molar-refractivity contribution is 0.0703. The Labute approximate surface area is 195 Å². The Morgan fingerprint density at radius 1 is 0.879 bits per heavy atom. The lowest BCUT2D eigenvalue weighted by Gasteiger charge is -2.31. The molecule has 0 bridgehead atoms. The largest absolute Gasteiger partial charge is 0.334 e. The fourth-order valence-corrected chi connectivity index (χ4v) is 5.45. The van der Waals surface area contributed by atoms with Crippen LogP contribution in [0.15, 0.2) is 42.5 Å². The lowest BCUT2D eigenvalue weighted by atomic mass is 9.96. The molecule has 5 rings (SSSR count). The Bertz CT molecular complexity index is 1080. The van der Waals surface area contributed by atoms with Crippen LogP contribution in [-0.4, -0.2) is 65.3 Å². The average molecular weight is 443 g/mol. The van der Waals surface area contributed by atoms with Crippen LogP contribution in [-0.2, 0) is 13.0 Å². The van der Waals surface area contributed by atoms with Crippen molar-refractivity contribution in [2.45, 2.75) is 44.7 Å². The maximum absolute atomic E-state index is 13.3. The van der Waals surface area contributed by atoms with Crippen molar-refractivity contribution in [3.8, 4) is 6.07 Å². The van der Waals surface area contributed by atoms with Gasteiger partial charge in [-0.2, -0.15) is 5.26 Å². The van der Waals surface area contributed by atoms with Gasteiger partial charge in [0.25, 0.3) is 11.8 Å². The molecule has 33 heavy (non-hydrogen) atoms. The van der Waals surface area contributed by atoms with Gasteiger partial charge in [0, 0.05) is 43.3 Å². The molecule has 6 nitrogen and oxygen atoms in total. The summed E-state index contributed by atoms with van der Waals surface area (Å²) in [6, 6.07) is 15.2. The van der Waals surface area contributed by atoms with Crippen LogP contribution in [0.3, 0.4) is 0 Å². The van der Waals surface area contributed by atoms with E-state index < -0.39 is 0 Å². The second-order valence-electron chi connectivity index (χ2n) is 9.45. The first-order chi connectivity index (χ1) is 16.1. The summed E-state index contributed by atoms with van der Waals surface area (Å²) < 4.78 is 0. The van der Waals surface area contributed by atoms with Gasteiger partial charge in [-0.3, -0.25) is 9.59 Å². The van der Waals surface area contributed by atoms with E-state index in [0.717, 1.165) is 56.6 Å². The van der Waals surface area contributed by atoms with Gasteiger partial charge in [-0.05, 0) is 92.7 Å². The molecule has 0 radical (unpaired) electrons. The van der Waals surface area contributed by atoms with E-state index in [1.54, 1.807) is 24.3 Å². The summed E-state index contributed by atoms with van der Waals surface area (Å²) in [6.07, 6.45) is 5.48. The molecule has 2 aromatic rings. The average Bonchev–Trinajstić information content (AvgIpc) is 3.55. The normalized spacial score (nSPS) is 20.5. The molecule has 6 heteroatoms. The van der Waals surface area contributed by atoms with Crippen LogP contribution >= 0.6 is 0 Å². The van der Waals surface area contributed by atoms with Crippen LogP contribution in [0, 0.1) is 11.3 Å². The standard InChI is InChI=1S/C27H30N4O2/c28-17-20-5-7-21(8-6-20)26(32)30-15-11-22-16-23(9-10-24(22)18-30)27(33)31-14-3-4-25(31)19-29-12-1-2-13-29/h5-10,16,25H,1-4,11-15,18-19H2/t25-/m0/s1. The molecule has 170 valence electrons. The third-order valence-electron chi connectivity index (χ3n) is 7.32. The Hall–Kier alpha value is -3.17. The van der Waals surface area contributed by atoms with E-state index in [2.05, 4.69) is 15.9 Å². The van der Waals surface area contributed by atoms with Crippen molar-refractivity contribution in [3.05, 3.63) is 70.3 Å². The van der Waals surface area contributed by atoms with Crippen LogP contribution < -0.4 is 0 Å². The van der Waals surface area contributed by atoms with Gasteiger partial charge in [-0.25, -0.2) is 0 Å². The molecule has 0 aliphatic carbocycles. The summed E-state index contributed by atoms with van der Waals surface area (Å²) >= 11 is 0. The highest BCUT2D eigenvalue weighted by molar-refractivity contribution is 5.96. The van der Waals surface area contributed by atoms with Gasteiger partial charge >= 0.3 is 0 Å². The minimum absolute atomic E-state index is 0.0212. The molecule has 3 aliphatic heterocycles. The predicted octanol–water partition coefficient (Wildman–Crippen LogP) is 3.46. The van der Waals surface area contributed by atoms with E-state index in [4.69, 9.17) is 5.26 Å². The zero-order valence-corrected chi connectivity index (χ0v) is 19.0. The summed E-state index contributed by atoms with van der Waals surface area (Å²) in [5, 5.41) is 8.96. The van der Waals surface area contributed by atoms with Crippen molar-refractivity contribution in [2.75, 3.05) is 32.7 Å². The number of nitriles is 1. The van der Waals surface area contributed by atoms with Crippen LogP contribution in [0.1, 0.15) is 63.1 Å². The first kappa shape index (κ1) is 21.7. The quantitative estimate of drug-likeness (QED) is 0.727. The van der Waals surface area contributed by atoms with Crippen LogP contribution in [0.25, 0.3) is 0 Å². The monoisotopic (exact) mass is 442 g/mol. The number of likely N-dealkylation sites (tertiary alicyclic amines) is 2. The zero-order valence-electron chi connectivity index (χ0n) is 19.0. The molecule has 2 saturated heterocycles. The van der Waals surface area contributed by atoms with Gasteiger partial charge in [-0.1, -0.05) is 6.07 Å². The van der Waals surface area contributed by atoms with Crippen LogP contribution in [0.4, 0.5) is 0 Å². The third-order valence-corrected chi connectivity index (χ3v) is 7.32. The van der Waals surface area contributed by atoms with Gasteiger partial charge < -0.3 is 14.7 Å². The number of carbonyl (C=O) groups excluding carboxylic acids is 2. The van der Waals surface area contributed by atoms with Gasteiger partial charge in [0.2, 0.25) is 0 Å². The minimum atomic E-state index is -0.0212. The predicted molar refractivity (Wildman–Crippen MR) is 126 cm³/mol. The van der Waals surface area contributed by atoms with E-state index in [9.17, 15) is 9.59 Å². The second kappa shape index (κ2) is 9.36. The lowest BCUT2D eigenvalue weighted by Crippen LogP contribution is -2.42. The smallest absolute Gasteiger partial charge is 0.254 e. The van der Waals surface area contributed by atoms with Crippen molar-refractivity contribution in [2.24, 2.45) is 0 Å². The Morgan fingerprint density at radius 3 is 2.39 bits per heavy atom. The van der Waals surface area contributed by atoms with Gasteiger partial charge in [0.05, 0.1) is 11.6 Å². The molecule has 1 atom stereocenters. The zero-order chi connectivity index (χ0) is 22.8. The molecule has 0 N–H and O–H groups in total. The van der Waals surface area contributed by atoms with E-state index in [0.29, 0.717) is 30.3 Å². The summed E-state index contributed by atoms with van der Waals surface area (Å²) in [6.45, 7) is 5.35. The molecule has 0 aromatic heterocycles. The Balaban J connectivity index is 1.26. The number of nitrogens with zero attached hydrogens (tertiary/aromatic N) is 4. The fraction of sp³-hybridized carbons (Fsp3) is 0.444. The fourth-order valence-electron chi connectivity index (χ4n) is 5.45. The highest BCUT2D eigenvalue weighted by Gasteiger charge is 2.32. The molecule has 0 unspecified atom stereocenters.